The number of aliphatic hydroxyl groups is 1. The number of hydrogen-bond donors (Lipinski definition) is 1. The molecule has 0 spiro atoms. The number of rotatable bonds is 5. The van der Waals surface area contributed by atoms with Crippen molar-refractivity contribution in [3.63, 3.8) is 0 Å². The van der Waals surface area contributed by atoms with Gasteiger partial charge < -0.3 is 9.84 Å². The number of carbonyl (C=O) groups excluding carboxylic acids is 2. The van der Waals surface area contributed by atoms with Gasteiger partial charge in [-0.15, -0.1) is 0 Å². The number of aromatic nitrogens is 2. The highest BCUT2D eigenvalue weighted by molar-refractivity contribution is 7.22. The zero-order valence-corrected chi connectivity index (χ0v) is 19.5. The van der Waals surface area contributed by atoms with Crippen LogP contribution >= 0.6 is 22.9 Å². The number of carbonyl (C=O) groups is 2. The minimum absolute atomic E-state index is 0.0692. The fourth-order valence-corrected chi connectivity index (χ4v) is 5.10. The summed E-state index contributed by atoms with van der Waals surface area (Å²) in [4.78, 5) is 36.8. The van der Waals surface area contributed by atoms with Crippen molar-refractivity contribution in [2.75, 3.05) is 11.5 Å². The Hall–Kier alpha value is -3.75. The molecule has 2 aromatic carbocycles. The summed E-state index contributed by atoms with van der Waals surface area (Å²) < 4.78 is 6.37. The van der Waals surface area contributed by atoms with Gasteiger partial charge in [0.15, 0.2) is 5.13 Å². The van der Waals surface area contributed by atoms with Crippen LogP contribution in [0.5, 0.6) is 5.75 Å². The lowest BCUT2D eigenvalue weighted by Gasteiger charge is -2.21. The normalized spacial score (nSPS) is 17.5. The number of amides is 1. The second-order valence-electron chi connectivity index (χ2n) is 7.49. The Morgan fingerprint density at radius 1 is 1.15 bits per heavy atom. The summed E-state index contributed by atoms with van der Waals surface area (Å²) in [6.45, 7) is 2.42. The molecule has 170 valence electrons. The highest BCUT2D eigenvalue weighted by Gasteiger charge is 2.48. The molecule has 1 amide bonds. The number of hydrogen-bond acceptors (Lipinski definition) is 7. The second-order valence-corrected chi connectivity index (χ2v) is 8.94. The lowest BCUT2D eigenvalue weighted by atomic mass is 9.98. The number of nitrogens with zero attached hydrogens (tertiary/aromatic N) is 3. The molecule has 3 heterocycles. The van der Waals surface area contributed by atoms with Gasteiger partial charge >= 0.3 is 5.91 Å². The molecule has 0 bridgehead atoms. The molecule has 4 aromatic rings. The minimum Gasteiger partial charge on any atom is -0.507 e. The van der Waals surface area contributed by atoms with Crippen molar-refractivity contribution < 1.29 is 19.4 Å². The third-order valence-corrected chi connectivity index (χ3v) is 6.63. The lowest BCUT2D eigenvalue weighted by molar-refractivity contribution is -0.132. The number of thiazole rings is 1. The van der Waals surface area contributed by atoms with Crippen LogP contribution in [-0.2, 0) is 9.59 Å². The molecule has 2 aromatic heterocycles. The summed E-state index contributed by atoms with van der Waals surface area (Å²) in [5.74, 6) is -1.24. The number of pyridine rings is 1. The molecule has 1 aliphatic heterocycles. The maximum Gasteiger partial charge on any atom is 0.301 e. The monoisotopic (exact) mass is 491 g/mol. The molecule has 0 saturated carbocycles. The first-order valence-electron chi connectivity index (χ1n) is 10.5. The van der Waals surface area contributed by atoms with Gasteiger partial charge in [0, 0.05) is 16.8 Å². The van der Waals surface area contributed by atoms with E-state index in [1.807, 2.05) is 13.0 Å². The van der Waals surface area contributed by atoms with Crippen LogP contribution < -0.4 is 9.64 Å². The van der Waals surface area contributed by atoms with E-state index in [4.69, 9.17) is 16.3 Å². The van der Waals surface area contributed by atoms with Crippen LogP contribution in [-0.4, -0.2) is 33.4 Å². The van der Waals surface area contributed by atoms with Crippen molar-refractivity contribution in [3.8, 4) is 5.75 Å². The van der Waals surface area contributed by atoms with Gasteiger partial charge in [0.2, 0.25) is 0 Å². The second kappa shape index (κ2) is 8.89. The molecule has 34 heavy (non-hydrogen) atoms. The van der Waals surface area contributed by atoms with Crippen molar-refractivity contribution in [1.29, 1.82) is 0 Å². The van der Waals surface area contributed by atoms with Crippen molar-refractivity contribution in [1.82, 2.24) is 9.97 Å². The highest BCUT2D eigenvalue weighted by Crippen LogP contribution is 2.44. The molecule has 1 saturated heterocycles. The van der Waals surface area contributed by atoms with Crippen LogP contribution in [0.15, 0.2) is 72.4 Å². The quantitative estimate of drug-likeness (QED) is 0.229. The Balaban J connectivity index is 1.69. The Morgan fingerprint density at radius 3 is 2.74 bits per heavy atom. The third kappa shape index (κ3) is 3.81. The zero-order valence-electron chi connectivity index (χ0n) is 17.9. The molecule has 1 atom stereocenters. The Bertz CT molecular complexity index is 1450. The minimum atomic E-state index is -0.952. The van der Waals surface area contributed by atoms with Crippen LogP contribution in [0.1, 0.15) is 24.2 Å². The SMILES string of the molecule is CCOc1ccc2nc(N3C(=O)C(=O)/C(=C(/O)c4cccc(Cl)c4)C3c3ccccn3)sc2c1. The zero-order chi connectivity index (χ0) is 23.8. The molecule has 0 aliphatic carbocycles. The summed E-state index contributed by atoms with van der Waals surface area (Å²) in [6, 6.07) is 16.2. The number of ketones is 1. The largest absolute Gasteiger partial charge is 0.507 e. The molecular weight excluding hydrogens is 474 g/mol. The van der Waals surface area contributed by atoms with Gasteiger partial charge in [-0.25, -0.2) is 4.98 Å². The number of benzene rings is 2. The maximum absolute atomic E-state index is 13.3. The highest BCUT2D eigenvalue weighted by atomic mass is 35.5. The number of anilines is 1. The Morgan fingerprint density at radius 2 is 2.00 bits per heavy atom. The van der Waals surface area contributed by atoms with E-state index in [2.05, 4.69) is 9.97 Å². The first kappa shape index (κ1) is 22.1. The van der Waals surface area contributed by atoms with Gasteiger partial charge in [0.25, 0.3) is 5.78 Å². The summed E-state index contributed by atoms with van der Waals surface area (Å²) in [5.41, 5.74) is 1.36. The summed E-state index contributed by atoms with van der Waals surface area (Å²) in [7, 11) is 0. The summed E-state index contributed by atoms with van der Waals surface area (Å²) >= 11 is 7.35. The fraction of sp³-hybridized carbons (Fsp3) is 0.120. The van der Waals surface area contributed by atoms with Gasteiger partial charge in [0.05, 0.1) is 28.1 Å². The first-order valence-corrected chi connectivity index (χ1v) is 11.7. The van der Waals surface area contributed by atoms with Gasteiger partial charge in [0.1, 0.15) is 17.6 Å². The topological polar surface area (TPSA) is 92.6 Å². The van der Waals surface area contributed by atoms with E-state index in [9.17, 15) is 14.7 Å². The van der Waals surface area contributed by atoms with E-state index < -0.39 is 17.7 Å². The van der Waals surface area contributed by atoms with E-state index in [0.29, 0.717) is 39.3 Å². The number of ether oxygens (including phenoxy) is 1. The Kier molecular flexibility index (Phi) is 5.77. The maximum atomic E-state index is 13.3. The van der Waals surface area contributed by atoms with Crippen LogP contribution in [0.4, 0.5) is 5.13 Å². The molecule has 5 rings (SSSR count). The molecule has 1 aliphatic rings. The molecule has 0 radical (unpaired) electrons. The van der Waals surface area contributed by atoms with E-state index in [1.165, 1.54) is 22.3 Å². The lowest BCUT2D eigenvalue weighted by Crippen LogP contribution is -2.29. The molecule has 7 nitrogen and oxygen atoms in total. The fourth-order valence-electron chi connectivity index (χ4n) is 3.89. The van der Waals surface area contributed by atoms with Crippen LogP contribution in [0, 0.1) is 0 Å². The van der Waals surface area contributed by atoms with Crippen LogP contribution in [0.2, 0.25) is 5.02 Å². The van der Waals surface area contributed by atoms with Gasteiger partial charge in [-0.3, -0.25) is 19.5 Å². The molecule has 1 N–H and O–H groups in total. The third-order valence-electron chi connectivity index (χ3n) is 5.38. The van der Waals surface area contributed by atoms with E-state index in [-0.39, 0.29) is 11.3 Å². The standard InChI is InChI=1S/C25H18ClN3O4S/c1-2-33-16-9-10-17-19(13-16)34-25(28-17)29-21(18-8-3-4-11-27-18)20(23(31)24(29)32)22(30)14-6-5-7-15(26)12-14/h3-13,21,30H,2H2,1H3/b22-20+. The van der Waals surface area contributed by atoms with E-state index in [0.717, 1.165) is 4.70 Å². The smallest absolute Gasteiger partial charge is 0.301 e. The summed E-state index contributed by atoms with van der Waals surface area (Å²) in [5, 5.41) is 11.8. The van der Waals surface area contributed by atoms with E-state index in [1.54, 1.807) is 54.7 Å². The van der Waals surface area contributed by atoms with Gasteiger partial charge in [-0.05, 0) is 49.4 Å². The van der Waals surface area contributed by atoms with Crippen molar-refractivity contribution in [2.24, 2.45) is 0 Å². The van der Waals surface area contributed by atoms with Crippen LogP contribution in [0.3, 0.4) is 0 Å². The Labute approximate surface area is 203 Å². The van der Waals surface area contributed by atoms with Crippen molar-refractivity contribution >= 4 is 55.7 Å². The average Bonchev–Trinajstić information content (AvgIpc) is 3.37. The predicted molar refractivity (Wildman–Crippen MR) is 131 cm³/mol. The molecule has 9 heteroatoms. The number of aliphatic hydroxyl groups excluding tert-OH is 1. The van der Waals surface area contributed by atoms with Gasteiger partial charge in [-0.2, -0.15) is 0 Å². The van der Waals surface area contributed by atoms with Crippen LogP contribution in [0.25, 0.3) is 16.0 Å². The van der Waals surface area contributed by atoms with Crippen molar-refractivity contribution in [2.45, 2.75) is 13.0 Å². The average molecular weight is 492 g/mol. The van der Waals surface area contributed by atoms with Gasteiger partial charge in [-0.1, -0.05) is 41.1 Å². The number of fused-ring (bicyclic) bond motifs is 1. The summed E-state index contributed by atoms with van der Waals surface area (Å²) in [6.07, 6.45) is 1.57. The predicted octanol–water partition coefficient (Wildman–Crippen LogP) is 5.37. The molecule has 1 fully saturated rings. The first-order chi connectivity index (χ1) is 16.5. The molecule has 1 unspecified atom stereocenters. The molecular formula is C25H18ClN3O4S. The number of Topliss-reactive ketones (excluding diaryl/α,β-unsaturated/α-hetero) is 1. The van der Waals surface area contributed by atoms with E-state index >= 15 is 0 Å². The number of halogens is 1. The van der Waals surface area contributed by atoms with Crippen molar-refractivity contribution in [3.05, 3.63) is 88.7 Å².